The zero-order valence-electron chi connectivity index (χ0n) is 25.3. The maximum Gasteiger partial charge on any atom is 0.573 e. The highest BCUT2D eigenvalue weighted by molar-refractivity contribution is 7.90. The number of benzene rings is 3. The summed E-state index contributed by atoms with van der Waals surface area (Å²) in [4.78, 5) is 9.45. The number of aryl methyl sites for hydroxylation is 2. The van der Waals surface area contributed by atoms with Crippen molar-refractivity contribution < 1.29 is 35.8 Å². The van der Waals surface area contributed by atoms with E-state index in [4.69, 9.17) is 9.40 Å². The van der Waals surface area contributed by atoms with Gasteiger partial charge in [-0.2, -0.15) is 0 Å². The lowest BCUT2D eigenvalue weighted by atomic mass is 9.97. The number of halogens is 3. The molecule has 0 aliphatic heterocycles. The van der Waals surface area contributed by atoms with Crippen molar-refractivity contribution in [2.24, 2.45) is 5.92 Å². The van der Waals surface area contributed by atoms with E-state index < -0.39 is 22.8 Å². The summed E-state index contributed by atoms with van der Waals surface area (Å²) in [6.07, 6.45) is -1.34. The first kappa shape index (κ1) is 32.0. The number of aliphatic hydroxyl groups excluding tert-OH is 1. The summed E-state index contributed by atoms with van der Waals surface area (Å²) in [7, 11) is -3.64. The van der Waals surface area contributed by atoms with Gasteiger partial charge in [-0.1, -0.05) is 32.0 Å². The minimum absolute atomic E-state index is 0.0247. The first-order chi connectivity index (χ1) is 21.1. The molecule has 0 fully saturated rings. The van der Waals surface area contributed by atoms with Crippen LogP contribution in [-0.4, -0.2) is 40.7 Å². The van der Waals surface area contributed by atoms with E-state index in [2.05, 4.69) is 9.72 Å². The van der Waals surface area contributed by atoms with E-state index in [-0.39, 0.29) is 22.1 Å². The van der Waals surface area contributed by atoms with Crippen molar-refractivity contribution in [2.45, 2.75) is 52.0 Å². The molecule has 0 aliphatic carbocycles. The van der Waals surface area contributed by atoms with Gasteiger partial charge in [-0.05, 0) is 78.9 Å². The second-order valence-corrected chi connectivity index (χ2v) is 13.2. The van der Waals surface area contributed by atoms with Gasteiger partial charge in [-0.15, -0.1) is 13.2 Å². The summed E-state index contributed by atoms with van der Waals surface area (Å²) in [5.74, 6) is 1.36. The maximum atomic E-state index is 12.8. The second kappa shape index (κ2) is 12.2. The number of hydrogen-bond donors (Lipinski definition) is 1. The summed E-state index contributed by atoms with van der Waals surface area (Å²) >= 11 is 0. The van der Waals surface area contributed by atoms with Crippen molar-refractivity contribution in [2.75, 3.05) is 6.26 Å². The molecule has 8 nitrogen and oxygen atoms in total. The van der Waals surface area contributed by atoms with Gasteiger partial charge in [-0.25, -0.2) is 18.4 Å². The van der Waals surface area contributed by atoms with Crippen molar-refractivity contribution in [1.82, 2.24) is 14.5 Å². The smallest absolute Gasteiger partial charge is 0.440 e. The highest BCUT2D eigenvalue weighted by Gasteiger charge is 2.31. The Bertz CT molecular complexity index is 1960. The van der Waals surface area contributed by atoms with Crippen molar-refractivity contribution in [3.05, 3.63) is 89.8 Å². The van der Waals surface area contributed by atoms with Crippen LogP contribution in [0.1, 0.15) is 36.8 Å². The Labute approximate surface area is 259 Å². The average Bonchev–Trinajstić information content (AvgIpc) is 3.52. The van der Waals surface area contributed by atoms with E-state index in [0.29, 0.717) is 51.8 Å². The van der Waals surface area contributed by atoms with Crippen LogP contribution in [0.5, 0.6) is 5.75 Å². The fraction of sp³-hybridized carbons (Fsp3) is 0.273. The lowest BCUT2D eigenvalue weighted by Crippen LogP contribution is -2.16. The third-order valence-electron chi connectivity index (χ3n) is 7.09. The van der Waals surface area contributed by atoms with Gasteiger partial charge in [-0.3, -0.25) is 0 Å². The van der Waals surface area contributed by atoms with Crippen LogP contribution in [0.4, 0.5) is 13.2 Å². The van der Waals surface area contributed by atoms with E-state index in [1.807, 2.05) is 56.7 Å². The van der Waals surface area contributed by atoms with Crippen molar-refractivity contribution in [1.29, 1.82) is 0 Å². The number of oxazole rings is 1. The summed E-state index contributed by atoms with van der Waals surface area (Å²) in [6.45, 7) is 7.35. The van der Waals surface area contributed by atoms with Crippen LogP contribution in [0.3, 0.4) is 0 Å². The molecule has 0 aliphatic rings. The Kier molecular flexibility index (Phi) is 8.65. The Morgan fingerprint density at radius 3 is 2.18 bits per heavy atom. The van der Waals surface area contributed by atoms with Crippen LogP contribution in [-0.2, 0) is 22.9 Å². The number of aromatic nitrogens is 3. The summed E-state index contributed by atoms with van der Waals surface area (Å²) in [5.41, 5.74) is 4.64. The molecule has 2 aromatic heterocycles. The molecule has 0 atom stereocenters. The predicted molar refractivity (Wildman–Crippen MR) is 164 cm³/mol. The van der Waals surface area contributed by atoms with Crippen LogP contribution in [0, 0.1) is 19.8 Å². The number of aliphatic hydroxyl groups is 1. The summed E-state index contributed by atoms with van der Waals surface area (Å²) < 4.78 is 75.8. The minimum atomic E-state index is -4.83. The van der Waals surface area contributed by atoms with Gasteiger partial charge in [0.25, 0.3) is 0 Å². The Balaban J connectivity index is 1.75. The highest BCUT2D eigenvalue weighted by Crippen LogP contribution is 2.40. The van der Waals surface area contributed by atoms with E-state index >= 15 is 0 Å². The summed E-state index contributed by atoms with van der Waals surface area (Å²) in [5, 5.41) is 9.75. The molecule has 5 rings (SSSR count). The number of rotatable bonds is 9. The lowest BCUT2D eigenvalue weighted by Gasteiger charge is -2.15. The fourth-order valence-corrected chi connectivity index (χ4v) is 6.12. The number of sulfone groups is 1. The van der Waals surface area contributed by atoms with E-state index in [1.54, 1.807) is 12.1 Å². The first-order valence-electron chi connectivity index (χ1n) is 14.1. The molecule has 0 amide bonds. The number of nitrogens with zero attached hydrogens (tertiary/aromatic N) is 3. The van der Waals surface area contributed by atoms with Crippen molar-refractivity contribution in [3.8, 4) is 45.1 Å². The van der Waals surface area contributed by atoms with Gasteiger partial charge < -0.3 is 18.8 Å². The second-order valence-electron chi connectivity index (χ2n) is 11.2. The standard InChI is InChI=1S/C33H32F3N3O5S/c1-19(2)14-30-38-31(32(43-30)22-8-11-26(12-9-22)44-33(34,35)36)27-15-23(10-13-28(27)39-17-20(3)37-21(39)4)24-6-7-25(18-40)29(16-24)45(5,41)42/h6-13,15-17,19,40H,14,18H2,1-5H3. The Hall–Kier alpha value is -4.42. The SMILES string of the molecule is Cc1cn(-c2ccc(-c3ccc(CO)c(S(C)(=O)=O)c3)cc2-c2nc(CC(C)C)oc2-c2ccc(OC(F)(F)F)cc2)c(C)n1. The van der Waals surface area contributed by atoms with Crippen LogP contribution in [0.2, 0.25) is 0 Å². The largest absolute Gasteiger partial charge is 0.573 e. The zero-order valence-corrected chi connectivity index (χ0v) is 26.1. The number of hydrogen-bond acceptors (Lipinski definition) is 7. The minimum Gasteiger partial charge on any atom is -0.440 e. The molecule has 12 heteroatoms. The molecule has 2 heterocycles. The predicted octanol–water partition coefficient (Wildman–Crippen LogP) is 7.47. The van der Waals surface area contributed by atoms with Gasteiger partial charge in [0.2, 0.25) is 0 Å². The number of ether oxygens (including phenoxy) is 1. The zero-order chi connectivity index (χ0) is 32.7. The third kappa shape index (κ3) is 7.12. The average molecular weight is 640 g/mol. The first-order valence-corrected chi connectivity index (χ1v) is 16.0. The molecule has 0 saturated heterocycles. The molecule has 1 N–H and O–H groups in total. The highest BCUT2D eigenvalue weighted by atomic mass is 32.2. The van der Waals surface area contributed by atoms with Crippen LogP contribution >= 0.6 is 0 Å². The van der Waals surface area contributed by atoms with E-state index in [1.165, 1.54) is 30.3 Å². The molecule has 45 heavy (non-hydrogen) atoms. The molecule has 0 radical (unpaired) electrons. The van der Waals surface area contributed by atoms with Gasteiger partial charge in [0.15, 0.2) is 21.5 Å². The molecule has 0 saturated carbocycles. The van der Waals surface area contributed by atoms with Crippen molar-refractivity contribution >= 4 is 9.84 Å². The lowest BCUT2D eigenvalue weighted by molar-refractivity contribution is -0.274. The van der Waals surface area contributed by atoms with Crippen LogP contribution in [0.15, 0.2) is 76.2 Å². The van der Waals surface area contributed by atoms with Crippen LogP contribution < -0.4 is 4.74 Å². The van der Waals surface area contributed by atoms with E-state index in [0.717, 1.165) is 17.6 Å². The quantitative estimate of drug-likeness (QED) is 0.178. The molecular weight excluding hydrogens is 607 g/mol. The molecule has 0 spiro atoms. The molecule has 0 bridgehead atoms. The Morgan fingerprint density at radius 2 is 1.60 bits per heavy atom. The maximum absolute atomic E-state index is 12.8. The molecular formula is C33H32F3N3O5S. The molecule has 5 aromatic rings. The monoisotopic (exact) mass is 639 g/mol. The van der Waals surface area contributed by atoms with Crippen molar-refractivity contribution in [3.63, 3.8) is 0 Å². The third-order valence-corrected chi connectivity index (χ3v) is 8.27. The Morgan fingerprint density at radius 1 is 0.956 bits per heavy atom. The number of alkyl halides is 3. The molecule has 3 aromatic carbocycles. The van der Waals surface area contributed by atoms with E-state index in [9.17, 15) is 26.7 Å². The van der Waals surface area contributed by atoms with Gasteiger partial charge in [0.05, 0.1) is 22.9 Å². The van der Waals surface area contributed by atoms with Crippen LogP contribution in [0.25, 0.3) is 39.4 Å². The molecule has 0 unspecified atom stereocenters. The summed E-state index contributed by atoms with van der Waals surface area (Å²) in [6, 6.07) is 15.8. The fourth-order valence-electron chi connectivity index (χ4n) is 5.17. The molecule has 236 valence electrons. The number of imidazole rings is 1. The van der Waals surface area contributed by atoms with Gasteiger partial charge >= 0.3 is 6.36 Å². The normalized spacial score (nSPS) is 12.2. The van der Waals surface area contributed by atoms with Gasteiger partial charge in [0.1, 0.15) is 17.3 Å². The van der Waals surface area contributed by atoms with Gasteiger partial charge in [0, 0.05) is 30.0 Å². The topological polar surface area (TPSA) is 107 Å².